The molecule has 1 heterocycles. The Labute approximate surface area is 118 Å². The number of benzene rings is 1. The van der Waals surface area contributed by atoms with Crippen LogP contribution in [0.2, 0.25) is 0 Å². The largest absolute Gasteiger partial charge is 0.484 e. The molecule has 0 spiro atoms. The summed E-state index contributed by atoms with van der Waals surface area (Å²) in [4.78, 5) is 1.47. The first-order valence-corrected chi connectivity index (χ1v) is 6.33. The van der Waals surface area contributed by atoms with E-state index in [0.717, 1.165) is 0 Å². The molecular formula is C13H15F5N2O. The lowest BCUT2D eigenvalue weighted by molar-refractivity contribution is -0.153. The van der Waals surface area contributed by atoms with Gasteiger partial charge in [0.2, 0.25) is 0 Å². The second kappa shape index (κ2) is 5.67. The van der Waals surface area contributed by atoms with E-state index in [1.807, 2.05) is 0 Å². The van der Waals surface area contributed by atoms with E-state index in [-0.39, 0.29) is 25.3 Å². The molecule has 0 aromatic heterocycles. The van der Waals surface area contributed by atoms with Crippen molar-refractivity contribution in [2.45, 2.75) is 25.1 Å². The molecule has 2 rings (SSSR count). The third kappa shape index (κ3) is 4.73. The number of hydrogen-bond acceptors (Lipinski definition) is 3. The van der Waals surface area contributed by atoms with Gasteiger partial charge in [0.1, 0.15) is 5.75 Å². The fourth-order valence-corrected chi connectivity index (χ4v) is 2.21. The Morgan fingerprint density at radius 3 is 2.57 bits per heavy atom. The van der Waals surface area contributed by atoms with E-state index in [4.69, 9.17) is 10.5 Å². The van der Waals surface area contributed by atoms with Crippen LogP contribution in [0.5, 0.6) is 5.75 Å². The van der Waals surface area contributed by atoms with Gasteiger partial charge in [-0.1, -0.05) is 0 Å². The van der Waals surface area contributed by atoms with Crippen LogP contribution < -0.4 is 10.5 Å². The second-order valence-corrected chi connectivity index (χ2v) is 5.09. The Hall–Kier alpha value is -1.57. The summed E-state index contributed by atoms with van der Waals surface area (Å²) in [5.74, 6) is -2.75. The summed E-state index contributed by atoms with van der Waals surface area (Å²) in [6.45, 7) is -1.59. The van der Waals surface area contributed by atoms with E-state index >= 15 is 0 Å². The molecule has 0 bridgehead atoms. The number of likely N-dealkylation sites (tertiary alicyclic amines) is 1. The molecule has 0 saturated carbocycles. The molecule has 1 aromatic carbocycles. The fraction of sp³-hybridized carbons (Fsp3) is 0.538. The maximum absolute atomic E-state index is 13.1. The van der Waals surface area contributed by atoms with Gasteiger partial charge in [0.05, 0.1) is 6.54 Å². The highest BCUT2D eigenvalue weighted by Crippen LogP contribution is 2.31. The van der Waals surface area contributed by atoms with Crippen molar-refractivity contribution in [3.8, 4) is 5.75 Å². The summed E-state index contributed by atoms with van der Waals surface area (Å²) in [6, 6.07) is 4.18. The molecule has 3 nitrogen and oxygen atoms in total. The Bertz CT molecular complexity index is 504. The molecule has 118 valence electrons. The first-order valence-electron chi connectivity index (χ1n) is 6.33. The average Bonchev–Trinajstić information content (AvgIpc) is 2.66. The molecule has 1 aliphatic rings. The Balaban J connectivity index is 2.08. The monoisotopic (exact) mass is 310 g/mol. The van der Waals surface area contributed by atoms with Crippen molar-refractivity contribution >= 4 is 5.69 Å². The molecule has 1 aliphatic heterocycles. The van der Waals surface area contributed by atoms with Crippen molar-refractivity contribution in [1.29, 1.82) is 0 Å². The predicted molar refractivity (Wildman–Crippen MR) is 67.2 cm³/mol. The predicted octanol–water partition coefficient (Wildman–Crippen LogP) is 3.05. The van der Waals surface area contributed by atoms with Crippen molar-refractivity contribution < 1.29 is 26.7 Å². The summed E-state index contributed by atoms with van der Waals surface area (Å²) >= 11 is 0. The maximum atomic E-state index is 13.1. The molecular weight excluding hydrogens is 295 g/mol. The summed E-state index contributed by atoms with van der Waals surface area (Å²) in [6.07, 6.45) is -4.71. The standard InChI is InChI=1S/C13H15F5N2O/c14-12(15)3-4-20(7-12)6-9-5-10(19)1-2-11(9)21-8-13(16,17)18/h1-2,5H,3-4,6-8,19H2. The van der Waals surface area contributed by atoms with Gasteiger partial charge in [-0.05, 0) is 18.2 Å². The summed E-state index contributed by atoms with van der Waals surface area (Å²) in [5.41, 5.74) is 6.31. The van der Waals surface area contributed by atoms with Crippen LogP contribution in [0.25, 0.3) is 0 Å². The van der Waals surface area contributed by atoms with Gasteiger partial charge in [-0.25, -0.2) is 8.78 Å². The molecule has 21 heavy (non-hydrogen) atoms. The van der Waals surface area contributed by atoms with Crippen LogP contribution in [-0.4, -0.2) is 36.7 Å². The number of hydrogen-bond donors (Lipinski definition) is 1. The summed E-state index contributed by atoms with van der Waals surface area (Å²) in [7, 11) is 0. The van der Waals surface area contributed by atoms with E-state index in [1.165, 1.54) is 23.1 Å². The number of nitrogen functional groups attached to an aromatic ring is 1. The zero-order chi connectivity index (χ0) is 15.7. The molecule has 0 atom stereocenters. The summed E-state index contributed by atoms with van der Waals surface area (Å²) in [5, 5.41) is 0. The lowest BCUT2D eigenvalue weighted by Gasteiger charge is -2.19. The molecule has 8 heteroatoms. The molecule has 2 N–H and O–H groups in total. The van der Waals surface area contributed by atoms with Gasteiger partial charge in [-0.2, -0.15) is 13.2 Å². The first-order chi connectivity index (χ1) is 9.65. The Morgan fingerprint density at radius 1 is 1.29 bits per heavy atom. The third-order valence-corrected chi connectivity index (χ3v) is 3.12. The quantitative estimate of drug-likeness (QED) is 0.686. The SMILES string of the molecule is Nc1ccc(OCC(F)(F)F)c(CN2CCC(F)(F)C2)c1. The third-order valence-electron chi connectivity index (χ3n) is 3.12. The van der Waals surface area contributed by atoms with Gasteiger partial charge >= 0.3 is 6.18 Å². The first kappa shape index (κ1) is 15.8. The zero-order valence-electron chi connectivity index (χ0n) is 11.1. The number of nitrogens with zero attached hydrogens (tertiary/aromatic N) is 1. The summed E-state index contributed by atoms with van der Waals surface area (Å²) < 4.78 is 67.6. The van der Waals surface area contributed by atoms with Gasteiger partial charge in [-0.3, -0.25) is 4.90 Å². The van der Waals surface area contributed by atoms with E-state index in [0.29, 0.717) is 11.3 Å². The number of ether oxygens (including phenoxy) is 1. The van der Waals surface area contributed by atoms with Crippen LogP contribution in [0.1, 0.15) is 12.0 Å². The molecule has 0 unspecified atom stereocenters. The van der Waals surface area contributed by atoms with E-state index in [1.54, 1.807) is 0 Å². The fourth-order valence-electron chi connectivity index (χ4n) is 2.21. The van der Waals surface area contributed by atoms with Crippen LogP contribution in [0.4, 0.5) is 27.6 Å². The Kier molecular flexibility index (Phi) is 4.27. The molecule has 0 radical (unpaired) electrons. The lowest BCUT2D eigenvalue weighted by Crippen LogP contribution is -2.25. The zero-order valence-corrected chi connectivity index (χ0v) is 11.1. The highest BCUT2D eigenvalue weighted by molar-refractivity contribution is 5.48. The average molecular weight is 310 g/mol. The van der Waals surface area contributed by atoms with Crippen LogP contribution in [-0.2, 0) is 6.54 Å². The van der Waals surface area contributed by atoms with Crippen LogP contribution in [0, 0.1) is 0 Å². The number of rotatable bonds is 4. The van der Waals surface area contributed by atoms with Gasteiger partial charge in [0, 0.05) is 30.8 Å². The van der Waals surface area contributed by atoms with Crippen LogP contribution >= 0.6 is 0 Å². The molecule has 1 aromatic rings. The van der Waals surface area contributed by atoms with Gasteiger partial charge in [0.15, 0.2) is 6.61 Å². The second-order valence-electron chi connectivity index (χ2n) is 5.09. The topological polar surface area (TPSA) is 38.5 Å². The van der Waals surface area contributed by atoms with Crippen LogP contribution in [0.15, 0.2) is 18.2 Å². The maximum Gasteiger partial charge on any atom is 0.422 e. The molecule has 1 fully saturated rings. The van der Waals surface area contributed by atoms with Gasteiger partial charge in [-0.15, -0.1) is 0 Å². The number of anilines is 1. The van der Waals surface area contributed by atoms with Crippen molar-refractivity contribution in [1.82, 2.24) is 4.90 Å². The number of nitrogens with two attached hydrogens (primary N) is 1. The smallest absolute Gasteiger partial charge is 0.422 e. The highest BCUT2D eigenvalue weighted by atomic mass is 19.4. The molecule has 1 saturated heterocycles. The molecule has 0 aliphatic carbocycles. The van der Waals surface area contributed by atoms with Crippen molar-refractivity contribution in [3.63, 3.8) is 0 Å². The minimum atomic E-state index is -4.46. The molecule has 0 amide bonds. The minimum Gasteiger partial charge on any atom is -0.484 e. The highest BCUT2D eigenvalue weighted by Gasteiger charge is 2.38. The van der Waals surface area contributed by atoms with Gasteiger partial charge < -0.3 is 10.5 Å². The van der Waals surface area contributed by atoms with Gasteiger partial charge in [0.25, 0.3) is 5.92 Å². The normalized spacial score (nSPS) is 18.9. The number of halogens is 5. The van der Waals surface area contributed by atoms with Crippen LogP contribution in [0.3, 0.4) is 0 Å². The van der Waals surface area contributed by atoms with E-state index in [9.17, 15) is 22.0 Å². The lowest BCUT2D eigenvalue weighted by atomic mass is 10.1. The van der Waals surface area contributed by atoms with E-state index in [2.05, 4.69) is 0 Å². The van der Waals surface area contributed by atoms with E-state index < -0.39 is 25.3 Å². The Morgan fingerprint density at radius 2 is 2.00 bits per heavy atom. The van der Waals surface area contributed by atoms with Crippen molar-refractivity contribution in [2.24, 2.45) is 0 Å². The van der Waals surface area contributed by atoms with Crippen molar-refractivity contribution in [3.05, 3.63) is 23.8 Å². The number of alkyl halides is 5. The minimum absolute atomic E-state index is 0.0109. The van der Waals surface area contributed by atoms with Crippen molar-refractivity contribution in [2.75, 3.05) is 25.4 Å².